The highest BCUT2D eigenvalue weighted by molar-refractivity contribution is 14.1. The van der Waals surface area contributed by atoms with Crippen molar-refractivity contribution in [3.8, 4) is 6.01 Å². The normalized spacial score (nSPS) is 15.4. The number of nitrogens with zero attached hydrogens (tertiary/aromatic N) is 3. The summed E-state index contributed by atoms with van der Waals surface area (Å²) in [5, 5.41) is 3.41. The first kappa shape index (κ1) is 11.9. The Bertz CT molecular complexity index is 532. The maximum Gasteiger partial charge on any atom is 0.308 e. The van der Waals surface area contributed by atoms with Crippen molar-refractivity contribution in [2.75, 3.05) is 0 Å². The smallest absolute Gasteiger partial charge is 0.308 e. The molecule has 0 aliphatic heterocycles. The van der Waals surface area contributed by atoms with Crippen molar-refractivity contribution >= 4 is 45.2 Å². The van der Waals surface area contributed by atoms with E-state index >= 15 is 0 Å². The molecular formula is C10H10I2N4O. The van der Waals surface area contributed by atoms with Gasteiger partial charge in [0.25, 0.3) is 0 Å². The molecule has 7 heteroatoms. The van der Waals surface area contributed by atoms with Gasteiger partial charge in [-0.3, -0.25) is 0 Å². The van der Waals surface area contributed by atoms with Gasteiger partial charge in [-0.05, 0) is 58.0 Å². The lowest BCUT2D eigenvalue weighted by Crippen LogP contribution is -2.15. The van der Waals surface area contributed by atoms with Crippen LogP contribution >= 0.6 is 45.2 Å². The molecule has 2 heterocycles. The molecule has 1 saturated carbocycles. The van der Waals surface area contributed by atoms with E-state index in [4.69, 9.17) is 4.42 Å². The summed E-state index contributed by atoms with van der Waals surface area (Å²) in [7, 11) is 0. The Hall–Kier alpha value is -0.160. The van der Waals surface area contributed by atoms with Gasteiger partial charge in [0.2, 0.25) is 0 Å². The van der Waals surface area contributed by atoms with Gasteiger partial charge in [-0.15, -0.1) is 0 Å². The third kappa shape index (κ3) is 2.65. The van der Waals surface area contributed by atoms with Gasteiger partial charge in [0, 0.05) is 12.6 Å². The number of hydrogen-bond acceptors (Lipinski definition) is 4. The summed E-state index contributed by atoms with van der Waals surface area (Å²) >= 11 is 4.42. The Morgan fingerprint density at radius 3 is 2.94 bits per heavy atom. The van der Waals surface area contributed by atoms with E-state index in [-0.39, 0.29) is 0 Å². The fourth-order valence-corrected chi connectivity index (χ4v) is 2.32. The van der Waals surface area contributed by atoms with Crippen LogP contribution in [-0.4, -0.2) is 20.6 Å². The third-order valence-electron chi connectivity index (χ3n) is 2.56. The van der Waals surface area contributed by atoms with E-state index in [9.17, 15) is 0 Å². The van der Waals surface area contributed by atoms with Crippen LogP contribution in [0.1, 0.15) is 18.5 Å². The zero-order chi connectivity index (χ0) is 11.8. The highest BCUT2D eigenvalue weighted by atomic mass is 127. The Kier molecular flexibility index (Phi) is 3.39. The molecule has 5 nitrogen and oxygen atoms in total. The molecule has 0 radical (unpaired) electrons. The summed E-state index contributed by atoms with van der Waals surface area (Å²) in [6.45, 7) is 0.774. The highest BCUT2D eigenvalue weighted by Crippen LogP contribution is 2.20. The number of nitrogens with one attached hydrogen (secondary N) is 1. The van der Waals surface area contributed by atoms with Crippen LogP contribution in [0.5, 0.6) is 0 Å². The molecule has 2 aromatic rings. The second kappa shape index (κ2) is 4.84. The molecule has 0 aromatic carbocycles. The Morgan fingerprint density at radius 2 is 2.29 bits per heavy atom. The number of halogens is 2. The standard InChI is InChI=1S/C10H10I2N4O/c11-8-9(12)16(5-14-8)10-15-7(4-17-10)3-13-6-1-2-6/h4-6,13H,1-3H2. The van der Waals surface area contributed by atoms with Crippen molar-refractivity contribution in [3.63, 3.8) is 0 Å². The first-order valence-electron chi connectivity index (χ1n) is 5.30. The SMILES string of the molecule is Ic1ncn(-c2nc(CNC3CC3)co2)c1I. The minimum atomic E-state index is 0.581. The highest BCUT2D eigenvalue weighted by Gasteiger charge is 2.21. The summed E-state index contributed by atoms with van der Waals surface area (Å²) in [5.74, 6) is 0. The van der Waals surface area contributed by atoms with E-state index in [2.05, 4.69) is 60.5 Å². The number of aromatic nitrogens is 3. The first-order valence-corrected chi connectivity index (χ1v) is 7.46. The Labute approximate surface area is 126 Å². The van der Waals surface area contributed by atoms with E-state index in [0.29, 0.717) is 12.1 Å². The van der Waals surface area contributed by atoms with E-state index in [1.807, 2.05) is 4.57 Å². The van der Waals surface area contributed by atoms with E-state index in [1.54, 1.807) is 12.6 Å². The van der Waals surface area contributed by atoms with Crippen LogP contribution in [0.2, 0.25) is 0 Å². The quantitative estimate of drug-likeness (QED) is 0.719. The second-order valence-corrected chi connectivity index (χ2v) is 6.02. The maximum atomic E-state index is 5.46. The van der Waals surface area contributed by atoms with E-state index in [1.165, 1.54) is 12.8 Å². The number of rotatable bonds is 4. The molecule has 0 atom stereocenters. The fraction of sp³-hybridized carbons (Fsp3) is 0.400. The maximum absolute atomic E-state index is 5.46. The van der Waals surface area contributed by atoms with Crippen LogP contribution in [-0.2, 0) is 6.54 Å². The third-order valence-corrected chi connectivity index (χ3v) is 5.42. The number of hydrogen-bond donors (Lipinski definition) is 1. The van der Waals surface area contributed by atoms with Gasteiger partial charge in [-0.2, -0.15) is 4.98 Å². The van der Waals surface area contributed by atoms with E-state index in [0.717, 1.165) is 19.6 Å². The van der Waals surface area contributed by atoms with Gasteiger partial charge in [-0.25, -0.2) is 9.55 Å². The molecule has 1 N–H and O–H groups in total. The first-order chi connectivity index (χ1) is 8.24. The molecule has 0 unspecified atom stereocenters. The van der Waals surface area contributed by atoms with Crippen LogP contribution in [0.25, 0.3) is 6.01 Å². The van der Waals surface area contributed by atoms with Crippen LogP contribution in [0, 0.1) is 7.40 Å². The van der Waals surface area contributed by atoms with Gasteiger partial charge in [0.05, 0.1) is 5.69 Å². The van der Waals surface area contributed by atoms with Crippen molar-refractivity contribution in [2.24, 2.45) is 0 Å². The molecule has 0 bridgehead atoms. The van der Waals surface area contributed by atoms with Crippen LogP contribution in [0.4, 0.5) is 0 Å². The molecule has 2 aromatic heterocycles. The molecule has 1 fully saturated rings. The molecule has 0 saturated heterocycles. The lowest BCUT2D eigenvalue weighted by molar-refractivity contribution is 0.522. The number of oxazole rings is 1. The average Bonchev–Trinajstić information content (AvgIpc) is 2.95. The largest absolute Gasteiger partial charge is 0.431 e. The monoisotopic (exact) mass is 456 g/mol. The molecule has 90 valence electrons. The molecule has 0 spiro atoms. The van der Waals surface area contributed by atoms with Crippen LogP contribution < -0.4 is 5.32 Å². The van der Waals surface area contributed by atoms with Gasteiger partial charge in [0.1, 0.15) is 20.0 Å². The van der Waals surface area contributed by atoms with E-state index < -0.39 is 0 Å². The van der Waals surface area contributed by atoms with Crippen molar-refractivity contribution in [1.29, 1.82) is 0 Å². The molecule has 17 heavy (non-hydrogen) atoms. The van der Waals surface area contributed by atoms with Gasteiger partial charge in [0.15, 0.2) is 0 Å². The molecule has 3 rings (SSSR count). The summed E-state index contributed by atoms with van der Waals surface area (Å²) in [6, 6.07) is 1.27. The lowest BCUT2D eigenvalue weighted by Gasteiger charge is -1.97. The molecular weight excluding hydrogens is 446 g/mol. The summed E-state index contributed by atoms with van der Waals surface area (Å²) in [4.78, 5) is 8.65. The van der Waals surface area contributed by atoms with Crippen LogP contribution in [0.15, 0.2) is 17.0 Å². The minimum Gasteiger partial charge on any atom is -0.431 e. The van der Waals surface area contributed by atoms with Gasteiger partial charge < -0.3 is 9.73 Å². The summed E-state index contributed by atoms with van der Waals surface area (Å²) in [6.07, 6.45) is 5.99. The zero-order valence-corrected chi connectivity index (χ0v) is 13.2. The van der Waals surface area contributed by atoms with Crippen molar-refractivity contribution in [2.45, 2.75) is 25.4 Å². The second-order valence-electron chi connectivity index (χ2n) is 3.97. The Morgan fingerprint density at radius 1 is 1.47 bits per heavy atom. The van der Waals surface area contributed by atoms with Crippen molar-refractivity contribution in [3.05, 3.63) is 25.7 Å². The molecule has 1 aliphatic rings. The minimum absolute atomic E-state index is 0.581. The Balaban J connectivity index is 1.76. The summed E-state index contributed by atoms with van der Waals surface area (Å²) < 4.78 is 9.29. The van der Waals surface area contributed by atoms with Crippen molar-refractivity contribution < 1.29 is 4.42 Å². The molecule has 1 aliphatic carbocycles. The van der Waals surface area contributed by atoms with Crippen LogP contribution in [0.3, 0.4) is 0 Å². The number of imidazole rings is 1. The topological polar surface area (TPSA) is 55.9 Å². The van der Waals surface area contributed by atoms with Gasteiger partial charge in [-0.1, -0.05) is 0 Å². The molecule has 0 amide bonds. The van der Waals surface area contributed by atoms with Gasteiger partial charge >= 0.3 is 6.01 Å². The zero-order valence-electron chi connectivity index (χ0n) is 8.86. The predicted molar refractivity (Wildman–Crippen MR) is 78.9 cm³/mol. The fourth-order valence-electron chi connectivity index (χ4n) is 1.47. The summed E-state index contributed by atoms with van der Waals surface area (Å²) in [5.41, 5.74) is 0.936. The van der Waals surface area contributed by atoms with Crippen molar-refractivity contribution in [1.82, 2.24) is 19.9 Å². The lowest BCUT2D eigenvalue weighted by atomic mass is 10.5. The average molecular weight is 456 g/mol. The predicted octanol–water partition coefficient (Wildman–Crippen LogP) is 2.32.